The molecule has 0 saturated heterocycles. The first-order chi connectivity index (χ1) is 13.1. The second-order valence-corrected chi connectivity index (χ2v) is 8.65. The summed E-state index contributed by atoms with van der Waals surface area (Å²) in [5.41, 5.74) is 1.44. The summed E-state index contributed by atoms with van der Waals surface area (Å²) in [6.45, 7) is 12.1. The molecule has 28 heavy (non-hydrogen) atoms. The van der Waals surface area contributed by atoms with Crippen LogP contribution in [0.3, 0.4) is 0 Å². The van der Waals surface area contributed by atoms with E-state index in [1.807, 2.05) is 19.1 Å². The zero-order valence-electron chi connectivity index (χ0n) is 17.2. The Hall–Kier alpha value is -2.94. The number of aryl methyl sites for hydroxylation is 2. The zero-order chi connectivity index (χ0) is 20.7. The Balaban J connectivity index is 1.76. The maximum atomic E-state index is 12.7. The lowest BCUT2D eigenvalue weighted by Crippen LogP contribution is -2.74. The van der Waals surface area contributed by atoms with Gasteiger partial charge in [-0.2, -0.15) is 5.26 Å². The van der Waals surface area contributed by atoms with E-state index in [0.29, 0.717) is 17.0 Å². The minimum atomic E-state index is -0.271. The van der Waals surface area contributed by atoms with Gasteiger partial charge in [-0.1, -0.05) is 27.7 Å². The molecule has 0 bridgehead atoms. The van der Waals surface area contributed by atoms with Crippen LogP contribution in [0.2, 0.25) is 0 Å². The first-order valence-electron chi connectivity index (χ1n) is 9.34. The molecule has 1 aliphatic rings. The topological polar surface area (TPSA) is 87.9 Å². The predicted octanol–water partition coefficient (Wildman–Crippen LogP) is 3.58. The van der Waals surface area contributed by atoms with Gasteiger partial charge in [-0.25, -0.2) is 9.97 Å². The molecule has 0 unspecified atom stereocenters. The number of nitrogens with zero attached hydrogens (tertiary/aromatic N) is 3. The quantitative estimate of drug-likeness (QED) is 0.878. The molecule has 6 heteroatoms. The van der Waals surface area contributed by atoms with Crippen molar-refractivity contribution in [2.45, 2.75) is 53.7 Å². The summed E-state index contributed by atoms with van der Waals surface area (Å²) >= 11 is 0. The van der Waals surface area contributed by atoms with Gasteiger partial charge in [0.05, 0.1) is 17.2 Å². The minimum Gasteiger partial charge on any atom is -0.489 e. The Morgan fingerprint density at radius 1 is 1.14 bits per heavy atom. The Kier molecular flexibility index (Phi) is 4.88. The molecule has 0 aliphatic heterocycles. The van der Waals surface area contributed by atoms with Crippen molar-refractivity contribution in [2.24, 2.45) is 10.8 Å². The fourth-order valence-corrected chi connectivity index (χ4v) is 4.50. The number of carbonyl (C=O) groups excluding carboxylic acids is 1. The molecule has 1 saturated carbocycles. The summed E-state index contributed by atoms with van der Waals surface area (Å²) in [6.07, 6.45) is 3.00. The predicted molar refractivity (Wildman–Crippen MR) is 106 cm³/mol. The minimum absolute atomic E-state index is 0.0710. The van der Waals surface area contributed by atoms with Gasteiger partial charge in [0.15, 0.2) is 0 Å². The van der Waals surface area contributed by atoms with Crippen LogP contribution in [0.5, 0.6) is 5.75 Å². The first kappa shape index (κ1) is 19.8. The number of nitrogens with one attached hydrogen (secondary N) is 1. The van der Waals surface area contributed by atoms with E-state index in [-0.39, 0.29) is 28.9 Å². The summed E-state index contributed by atoms with van der Waals surface area (Å²) in [6, 6.07) is 7.59. The monoisotopic (exact) mass is 378 g/mol. The van der Waals surface area contributed by atoms with Crippen LogP contribution < -0.4 is 10.1 Å². The number of nitriles is 1. The van der Waals surface area contributed by atoms with Crippen molar-refractivity contribution in [3.05, 3.63) is 53.1 Å². The molecule has 1 aliphatic carbocycles. The SMILES string of the molecule is Cc1ncc(C(=O)N[C@H]2C(C)(C)[C@H](Oc3ccc(C#N)c(C)c3)C2(C)C)cn1. The van der Waals surface area contributed by atoms with Crippen LogP contribution in [0.4, 0.5) is 0 Å². The molecule has 2 aromatic rings. The van der Waals surface area contributed by atoms with Crippen molar-refractivity contribution in [3.8, 4) is 11.8 Å². The van der Waals surface area contributed by atoms with Crippen LogP contribution in [0.15, 0.2) is 30.6 Å². The maximum Gasteiger partial charge on any atom is 0.254 e. The van der Waals surface area contributed by atoms with Crippen molar-refractivity contribution < 1.29 is 9.53 Å². The van der Waals surface area contributed by atoms with E-state index in [2.05, 4.69) is 49.0 Å². The van der Waals surface area contributed by atoms with E-state index in [0.717, 1.165) is 11.3 Å². The molecule has 0 radical (unpaired) electrons. The number of rotatable bonds is 4. The highest BCUT2D eigenvalue weighted by atomic mass is 16.5. The fraction of sp³-hybridized carbons (Fsp3) is 0.455. The Bertz CT molecular complexity index is 926. The third-order valence-corrected chi connectivity index (χ3v) is 5.73. The Morgan fingerprint density at radius 3 is 2.29 bits per heavy atom. The molecule has 1 aromatic heterocycles. The lowest BCUT2D eigenvalue weighted by atomic mass is 9.49. The molecule has 1 amide bonds. The van der Waals surface area contributed by atoms with E-state index >= 15 is 0 Å². The van der Waals surface area contributed by atoms with Gasteiger partial charge in [0.1, 0.15) is 17.7 Å². The van der Waals surface area contributed by atoms with Gasteiger partial charge >= 0.3 is 0 Å². The number of amides is 1. The lowest BCUT2D eigenvalue weighted by Gasteiger charge is -2.63. The Labute approximate surface area is 166 Å². The number of carbonyl (C=O) groups is 1. The van der Waals surface area contributed by atoms with E-state index in [1.54, 1.807) is 25.4 Å². The van der Waals surface area contributed by atoms with Crippen LogP contribution in [0.25, 0.3) is 0 Å². The average Bonchev–Trinajstić information content (AvgIpc) is 2.64. The molecule has 1 aromatic carbocycles. The highest BCUT2D eigenvalue weighted by Crippen LogP contribution is 2.55. The van der Waals surface area contributed by atoms with Crippen molar-refractivity contribution >= 4 is 5.91 Å². The third-order valence-electron chi connectivity index (χ3n) is 5.73. The average molecular weight is 378 g/mol. The standard InChI is InChI=1S/C22H26N4O2/c1-13-9-17(8-7-15(13)10-23)28-20-21(3,4)19(22(20,5)6)26-18(27)16-11-24-14(2)25-12-16/h7-9,11-12,19-20H,1-6H3,(H,26,27)/t19-,20-. The van der Waals surface area contributed by atoms with Crippen LogP contribution in [-0.2, 0) is 0 Å². The van der Waals surface area contributed by atoms with Crippen LogP contribution >= 0.6 is 0 Å². The van der Waals surface area contributed by atoms with Gasteiger partial charge in [-0.3, -0.25) is 4.79 Å². The van der Waals surface area contributed by atoms with Crippen LogP contribution in [0, 0.1) is 36.0 Å². The van der Waals surface area contributed by atoms with E-state index in [4.69, 9.17) is 10.00 Å². The summed E-state index contributed by atoms with van der Waals surface area (Å²) in [4.78, 5) is 20.8. The molecule has 1 fully saturated rings. The van der Waals surface area contributed by atoms with Crippen LogP contribution in [-0.4, -0.2) is 28.0 Å². The third kappa shape index (κ3) is 3.33. The second-order valence-electron chi connectivity index (χ2n) is 8.65. The highest BCUT2D eigenvalue weighted by Gasteiger charge is 2.64. The van der Waals surface area contributed by atoms with Gasteiger partial charge in [0, 0.05) is 29.3 Å². The largest absolute Gasteiger partial charge is 0.489 e. The van der Waals surface area contributed by atoms with E-state index < -0.39 is 0 Å². The lowest BCUT2D eigenvalue weighted by molar-refractivity contribution is -0.164. The number of aromatic nitrogens is 2. The molecule has 1 N–H and O–H groups in total. The molecular weight excluding hydrogens is 352 g/mol. The maximum absolute atomic E-state index is 12.7. The van der Waals surface area contributed by atoms with Gasteiger partial charge in [-0.15, -0.1) is 0 Å². The van der Waals surface area contributed by atoms with Crippen molar-refractivity contribution in [3.63, 3.8) is 0 Å². The summed E-state index contributed by atoms with van der Waals surface area (Å²) in [7, 11) is 0. The van der Waals surface area contributed by atoms with Gasteiger partial charge in [0.2, 0.25) is 0 Å². The van der Waals surface area contributed by atoms with Crippen molar-refractivity contribution in [1.29, 1.82) is 5.26 Å². The molecule has 1 heterocycles. The fourth-order valence-electron chi connectivity index (χ4n) is 4.50. The molecule has 0 atom stereocenters. The summed E-state index contributed by atoms with van der Waals surface area (Å²) in [5.74, 6) is 1.19. The first-order valence-corrected chi connectivity index (χ1v) is 9.34. The van der Waals surface area contributed by atoms with E-state index in [1.165, 1.54) is 0 Å². The normalized spacial score (nSPS) is 21.9. The highest BCUT2D eigenvalue weighted by molar-refractivity contribution is 5.94. The number of hydrogen-bond acceptors (Lipinski definition) is 5. The number of ether oxygens (including phenoxy) is 1. The molecule has 0 spiro atoms. The Morgan fingerprint density at radius 2 is 1.75 bits per heavy atom. The molecule has 3 rings (SSSR count). The van der Waals surface area contributed by atoms with Gasteiger partial charge in [0.25, 0.3) is 5.91 Å². The summed E-state index contributed by atoms with van der Waals surface area (Å²) in [5, 5.41) is 12.2. The van der Waals surface area contributed by atoms with Gasteiger partial charge < -0.3 is 10.1 Å². The van der Waals surface area contributed by atoms with Crippen LogP contribution in [0.1, 0.15) is 55.0 Å². The number of hydrogen-bond donors (Lipinski definition) is 1. The molecular formula is C22H26N4O2. The second kappa shape index (κ2) is 6.90. The van der Waals surface area contributed by atoms with E-state index in [9.17, 15) is 4.79 Å². The van der Waals surface area contributed by atoms with Gasteiger partial charge in [-0.05, 0) is 37.6 Å². The van der Waals surface area contributed by atoms with Crippen molar-refractivity contribution in [2.75, 3.05) is 0 Å². The zero-order valence-corrected chi connectivity index (χ0v) is 17.2. The summed E-state index contributed by atoms with van der Waals surface area (Å²) < 4.78 is 6.31. The molecule has 6 nitrogen and oxygen atoms in total. The molecule has 146 valence electrons. The smallest absolute Gasteiger partial charge is 0.254 e. The number of benzene rings is 1. The van der Waals surface area contributed by atoms with Crippen molar-refractivity contribution in [1.82, 2.24) is 15.3 Å².